The number of ether oxygens (including phenoxy) is 1. The van der Waals surface area contributed by atoms with Crippen molar-refractivity contribution >= 4 is 17.6 Å². The molecule has 22 heavy (non-hydrogen) atoms. The SMILES string of the molecule is Cc1cc(C(=O)O[C@@H](C)C(=O)Nc2c(C)cccc2C)on1. The largest absolute Gasteiger partial charge is 0.447 e. The number of aromatic nitrogens is 1. The number of hydrogen-bond donors (Lipinski definition) is 1. The average Bonchev–Trinajstić information content (AvgIpc) is 2.89. The molecule has 1 heterocycles. The average molecular weight is 302 g/mol. The Morgan fingerprint density at radius 2 is 1.86 bits per heavy atom. The zero-order valence-electron chi connectivity index (χ0n) is 13.0. The van der Waals surface area contributed by atoms with Crippen molar-refractivity contribution in [2.75, 3.05) is 5.32 Å². The number of hydrogen-bond acceptors (Lipinski definition) is 5. The summed E-state index contributed by atoms with van der Waals surface area (Å²) >= 11 is 0. The van der Waals surface area contributed by atoms with Gasteiger partial charge < -0.3 is 14.6 Å². The Morgan fingerprint density at radius 1 is 1.23 bits per heavy atom. The second kappa shape index (κ2) is 6.43. The van der Waals surface area contributed by atoms with E-state index in [0.29, 0.717) is 5.69 Å². The molecule has 0 radical (unpaired) electrons. The van der Waals surface area contributed by atoms with Crippen LogP contribution >= 0.6 is 0 Å². The standard InChI is InChI=1S/C16H18N2O4/c1-9-6-5-7-10(2)14(9)17-15(19)12(4)21-16(20)13-8-11(3)18-22-13/h5-8,12H,1-4H3,(H,17,19)/t12-/m0/s1. The van der Waals surface area contributed by atoms with Gasteiger partial charge in [-0.05, 0) is 38.8 Å². The molecule has 2 aromatic rings. The van der Waals surface area contributed by atoms with E-state index >= 15 is 0 Å². The fourth-order valence-corrected chi connectivity index (χ4v) is 1.97. The normalized spacial score (nSPS) is 11.8. The third kappa shape index (κ3) is 3.52. The molecule has 0 aliphatic heterocycles. The number of rotatable bonds is 4. The lowest BCUT2D eigenvalue weighted by molar-refractivity contribution is -0.123. The molecule has 0 spiro atoms. The summed E-state index contributed by atoms with van der Waals surface area (Å²) in [4.78, 5) is 24.0. The Labute approximate surface area is 128 Å². The van der Waals surface area contributed by atoms with Crippen molar-refractivity contribution in [3.63, 3.8) is 0 Å². The molecule has 1 amide bonds. The molecule has 0 saturated carbocycles. The van der Waals surface area contributed by atoms with Crippen LogP contribution in [0.1, 0.15) is 34.3 Å². The number of para-hydroxylation sites is 1. The van der Waals surface area contributed by atoms with Crippen molar-refractivity contribution in [2.24, 2.45) is 0 Å². The third-order valence-corrected chi connectivity index (χ3v) is 3.21. The third-order valence-electron chi connectivity index (χ3n) is 3.21. The molecular weight excluding hydrogens is 284 g/mol. The number of esters is 1. The fraction of sp³-hybridized carbons (Fsp3) is 0.312. The molecule has 0 saturated heterocycles. The minimum atomic E-state index is -0.947. The highest BCUT2D eigenvalue weighted by Crippen LogP contribution is 2.20. The first-order chi connectivity index (χ1) is 10.4. The predicted molar refractivity (Wildman–Crippen MR) is 80.7 cm³/mol. The minimum absolute atomic E-state index is 0.0239. The molecule has 0 bridgehead atoms. The van der Waals surface area contributed by atoms with Gasteiger partial charge in [0.1, 0.15) is 0 Å². The summed E-state index contributed by atoms with van der Waals surface area (Å²) in [5, 5.41) is 6.38. The van der Waals surface area contributed by atoms with Crippen molar-refractivity contribution in [3.8, 4) is 0 Å². The van der Waals surface area contributed by atoms with Gasteiger partial charge in [-0.3, -0.25) is 4.79 Å². The highest BCUT2D eigenvalue weighted by atomic mass is 16.6. The summed E-state index contributed by atoms with van der Waals surface area (Å²) in [6.07, 6.45) is -0.947. The highest BCUT2D eigenvalue weighted by Gasteiger charge is 2.22. The van der Waals surface area contributed by atoms with Crippen molar-refractivity contribution in [1.82, 2.24) is 5.16 Å². The first-order valence-corrected chi connectivity index (χ1v) is 6.90. The van der Waals surface area contributed by atoms with E-state index in [1.807, 2.05) is 32.0 Å². The highest BCUT2D eigenvalue weighted by molar-refractivity contribution is 5.97. The van der Waals surface area contributed by atoms with Gasteiger partial charge in [-0.15, -0.1) is 0 Å². The molecule has 1 N–H and O–H groups in total. The van der Waals surface area contributed by atoms with E-state index in [2.05, 4.69) is 10.5 Å². The van der Waals surface area contributed by atoms with Crippen molar-refractivity contribution in [3.05, 3.63) is 46.8 Å². The maximum atomic E-state index is 12.2. The van der Waals surface area contributed by atoms with Crippen LogP contribution in [0, 0.1) is 20.8 Å². The topological polar surface area (TPSA) is 81.4 Å². The molecular formula is C16H18N2O4. The molecule has 0 aliphatic carbocycles. The Bertz CT molecular complexity index is 686. The zero-order valence-corrected chi connectivity index (χ0v) is 13.0. The molecule has 2 rings (SSSR count). The van der Waals surface area contributed by atoms with Crippen LogP contribution < -0.4 is 5.32 Å². The van der Waals surface area contributed by atoms with E-state index in [9.17, 15) is 9.59 Å². The molecule has 1 atom stereocenters. The lowest BCUT2D eigenvalue weighted by Gasteiger charge is -2.15. The first-order valence-electron chi connectivity index (χ1n) is 6.90. The number of nitrogens with zero attached hydrogens (tertiary/aromatic N) is 1. The van der Waals surface area contributed by atoms with E-state index < -0.39 is 18.0 Å². The maximum Gasteiger partial charge on any atom is 0.377 e. The lowest BCUT2D eigenvalue weighted by atomic mass is 10.1. The summed E-state index contributed by atoms with van der Waals surface area (Å²) in [5.41, 5.74) is 3.18. The van der Waals surface area contributed by atoms with Crippen LogP contribution in [0.15, 0.2) is 28.8 Å². The van der Waals surface area contributed by atoms with Gasteiger partial charge in [0.05, 0.1) is 5.69 Å². The Kier molecular flexibility index (Phi) is 4.60. The van der Waals surface area contributed by atoms with Gasteiger partial charge in [0, 0.05) is 11.8 Å². The Hall–Kier alpha value is -2.63. The number of aryl methyl sites for hydroxylation is 3. The maximum absolute atomic E-state index is 12.2. The van der Waals surface area contributed by atoms with Crippen LogP contribution in [-0.4, -0.2) is 23.1 Å². The zero-order chi connectivity index (χ0) is 16.3. The van der Waals surface area contributed by atoms with Crippen molar-refractivity contribution in [1.29, 1.82) is 0 Å². The number of anilines is 1. The number of amides is 1. The fourth-order valence-electron chi connectivity index (χ4n) is 1.97. The van der Waals surface area contributed by atoms with E-state index in [1.165, 1.54) is 13.0 Å². The quantitative estimate of drug-likeness (QED) is 0.878. The summed E-state index contributed by atoms with van der Waals surface area (Å²) in [5.74, 6) is -1.14. The number of nitrogens with one attached hydrogen (secondary N) is 1. The second-order valence-electron chi connectivity index (χ2n) is 5.14. The van der Waals surface area contributed by atoms with Crippen LogP contribution in [0.25, 0.3) is 0 Å². The molecule has 0 unspecified atom stereocenters. The molecule has 116 valence electrons. The minimum Gasteiger partial charge on any atom is -0.447 e. The summed E-state index contributed by atoms with van der Waals surface area (Å²) in [6, 6.07) is 7.17. The smallest absolute Gasteiger partial charge is 0.377 e. The van der Waals surface area contributed by atoms with Gasteiger partial charge in [-0.2, -0.15) is 0 Å². The Balaban J connectivity index is 2.02. The second-order valence-corrected chi connectivity index (χ2v) is 5.14. The number of carbonyl (C=O) groups is 2. The molecule has 1 aromatic heterocycles. The van der Waals surface area contributed by atoms with Gasteiger partial charge in [0.15, 0.2) is 6.10 Å². The molecule has 0 fully saturated rings. The summed E-state index contributed by atoms with van der Waals surface area (Å²) in [7, 11) is 0. The summed E-state index contributed by atoms with van der Waals surface area (Å²) in [6.45, 7) is 6.99. The number of carbonyl (C=O) groups excluding carboxylic acids is 2. The predicted octanol–water partition coefficient (Wildman–Crippen LogP) is 2.78. The Morgan fingerprint density at radius 3 is 2.41 bits per heavy atom. The van der Waals surface area contributed by atoms with Crippen LogP contribution in [0.4, 0.5) is 5.69 Å². The van der Waals surface area contributed by atoms with Crippen LogP contribution in [0.5, 0.6) is 0 Å². The summed E-state index contributed by atoms with van der Waals surface area (Å²) < 4.78 is 9.89. The molecule has 1 aromatic carbocycles. The molecule has 0 aliphatic rings. The van der Waals surface area contributed by atoms with E-state index in [-0.39, 0.29) is 5.76 Å². The van der Waals surface area contributed by atoms with Gasteiger partial charge in [0.25, 0.3) is 5.91 Å². The van der Waals surface area contributed by atoms with Gasteiger partial charge in [-0.25, -0.2) is 4.79 Å². The number of benzene rings is 1. The first kappa shape index (κ1) is 15.8. The van der Waals surface area contributed by atoms with E-state index in [4.69, 9.17) is 9.26 Å². The lowest BCUT2D eigenvalue weighted by Crippen LogP contribution is -2.30. The monoisotopic (exact) mass is 302 g/mol. The van der Waals surface area contributed by atoms with Gasteiger partial charge in [0.2, 0.25) is 5.76 Å². The van der Waals surface area contributed by atoms with E-state index in [1.54, 1.807) is 6.92 Å². The van der Waals surface area contributed by atoms with Gasteiger partial charge >= 0.3 is 5.97 Å². The van der Waals surface area contributed by atoms with Crippen LogP contribution in [0.2, 0.25) is 0 Å². The molecule has 6 heteroatoms. The van der Waals surface area contributed by atoms with Crippen molar-refractivity contribution < 1.29 is 18.8 Å². The van der Waals surface area contributed by atoms with Crippen LogP contribution in [-0.2, 0) is 9.53 Å². The van der Waals surface area contributed by atoms with Crippen LogP contribution in [0.3, 0.4) is 0 Å². The van der Waals surface area contributed by atoms with Gasteiger partial charge in [-0.1, -0.05) is 23.4 Å². The van der Waals surface area contributed by atoms with Crippen molar-refractivity contribution in [2.45, 2.75) is 33.8 Å². The molecule has 6 nitrogen and oxygen atoms in total. The van der Waals surface area contributed by atoms with E-state index in [0.717, 1.165) is 16.8 Å².